The van der Waals surface area contributed by atoms with Gasteiger partial charge in [-0.05, 0) is 35.7 Å². The maximum Gasteiger partial charge on any atom is 0.257 e. The Morgan fingerprint density at radius 3 is 2.74 bits per heavy atom. The van der Waals surface area contributed by atoms with Crippen LogP contribution in [0.25, 0.3) is 11.0 Å². The highest BCUT2D eigenvalue weighted by Gasteiger charge is 2.20. The summed E-state index contributed by atoms with van der Waals surface area (Å²) in [5.74, 6) is 1.45. The summed E-state index contributed by atoms with van der Waals surface area (Å²) in [6.45, 7) is 6.86. The van der Waals surface area contributed by atoms with Crippen molar-refractivity contribution in [3.8, 4) is 5.75 Å². The van der Waals surface area contributed by atoms with Crippen LogP contribution in [0, 0.1) is 0 Å². The van der Waals surface area contributed by atoms with Gasteiger partial charge in [-0.25, -0.2) is 4.98 Å². The lowest BCUT2D eigenvalue weighted by Gasteiger charge is -2.23. The van der Waals surface area contributed by atoms with E-state index in [2.05, 4.69) is 52.0 Å². The van der Waals surface area contributed by atoms with Crippen molar-refractivity contribution >= 4 is 32.9 Å². The molecule has 142 valence electrons. The molecule has 0 atom stereocenters. The topological polar surface area (TPSA) is 67.0 Å². The number of ether oxygens (including phenoxy) is 1. The molecule has 1 heterocycles. The molecule has 5 nitrogen and oxygen atoms in total. The predicted molar refractivity (Wildman–Crippen MR) is 111 cm³/mol. The number of carbonyl (C=O) groups excluding carboxylic acids is 1. The number of halogens is 1. The lowest BCUT2D eigenvalue weighted by Crippen LogP contribution is -2.31. The van der Waals surface area contributed by atoms with Gasteiger partial charge in [0.15, 0.2) is 6.61 Å². The number of H-pyrrole nitrogens is 1. The van der Waals surface area contributed by atoms with Crippen molar-refractivity contribution in [3.63, 3.8) is 0 Å². The molecule has 27 heavy (non-hydrogen) atoms. The second-order valence-corrected chi connectivity index (χ2v) is 8.40. The van der Waals surface area contributed by atoms with E-state index in [-0.39, 0.29) is 17.9 Å². The van der Waals surface area contributed by atoms with Crippen molar-refractivity contribution in [3.05, 3.63) is 58.3 Å². The standard InChI is InChI=1S/C21H24BrN3O2/c1-21(2,3)15-12-14(22)8-9-18(15)27-13-20(26)23-11-10-19-24-16-6-4-5-7-17(16)25-19/h4-9,12H,10-11,13H2,1-3H3,(H,23,26)(H,24,25). The number of para-hydroxylation sites is 2. The molecule has 0 saturated carbocycles. The third kappa shape index (κ3) is 5.10. The van der Waals surface area contributed by atoms with Gasteiger partial charge in [0.1, 0.15) is 11.6 Å². The molecule has 0 unspecified atom stereocenters. The smallest absolute Gasteiger partial charge is 0.257 e. The van der Waals surface area contributed by atoms with Crippen LogP contribution in [0.3, 0.4) is 0 Å². The number of nitrogens with one attached hydrogen (secondary N) is 2. The number of hydrogen-bond donors (Lipinski definition) is 2. The van der Waals surface area contributed by atoms with Gasteiger partial charge < -0.3 is 15.0 Å². The molecule has 6 heteroatoms. The first kappa shape index (κ1) is 19.4. The molecule has 1 aromatic heterocycles. The van der Waals surface area contributed by atoms with E-state index in [0.29, 0.717) is 13.0 Å². The number of rotatable bonds is 6. The quantitative estimate of drug-likeness (QED) is 0.611. The fourth-order valence-electron chi connectivity index (χ4n) is 2.85. The molecule has 0 fully saturated rings. The first-order valence-corrected chi connectivity index (χ1v) is 9.75. The van der Waals surface area contributed by atoms with E-state index in [9.17, 15) is 4.79 Å². The summed E-state index contributed by atoms with van der Waals surface area (Å²) in [5, 5.41) is 2.88. The van der Waals surface area contributed by atoms with Gasteiger partial charge in [0.2, 0.25) is 0 Å². The minimum Gasteiger partial charge on any atom is -0.483 e. The molecular weight excluding hydrogens is 406 g/mol. The van der Waals surface area contributed by atoms with E-state index in [0.717, 1.165) is 32.6 Å². The van der Waals surface area contributed by atoms with Crippen LogP contribution in [0.1, 0.15) is 32.2 Å². The number of benzene rings is 2. The van der Waals surface area contributed by atoms with Crippen molar-refractivity contribution in [1.29, 1.82) is 0 Å². The van der Waals surface area contributed by atoms with Crippen LogP contribution in [0.5, 0.6) is 5.75 Å². The second-order valence-electron chi connectivity index (χ2n) is 7.48. The maximum absolute atomic E-state index is 12.1. The molecule has 1 amide bonds. The third-order valence-electron chi connectivity index (χ3n) is 4.23. The van der Waals surface area contributed by atoms with Gasteiger partial charge in [-0.2, -0.15) is 0 Å². The van der Waals surface area contributed by atoms with Gasteiger partial charge in [-0.15, -0.1) is 0 Å². The van der Waals surface area contributed by atoms with Crippen LogP contribution in [0.15, 0.2) is 46.9 Å². The molecule has 0 saturated heterocycles. The molecule has 2 aromatic carbocycles. The summed E-state index contributed by atoms with van der Waals surface area (Å²) in [7, 11) is 0. The predicted octanol–water partition coefficient (Wildman–Crippen LogP) is 4.36. The van der Waals surface area contributed by atoms with E-state index >= 15 is 0 Å². The van der Waals surface area contributed by atoms with Gasteiger partial charge >= 0.3 is 0 Å². The Hall–Kier alpha value is -2.34. The number of aromatic nitrogens is 2. The van der Waals surface area contributed by atoms with E-state index in [1.165, 1.54) is 0 Å². The van der Waals surface area contributed by atoms with Gasteiger partial charge in [0, 0.05) is 23.0 Å². The largest absolute Gasteiger partial charge is 0.483 e. The van der Waals surface area contributed by atoms with Crippen LogP contribution < -0.4 is 10.1 Å². The lowest BCUT2D eigenvalue weighted by molar-refractivity contribution is -0.123. The zero-order chi connectivity index (χ0) is 19.4. The van der Waals surface area contributed by atoms with Crippen LogP contribution in [0.4, 0.5) is 0 Å². The fraction of sp³-hybridized carbons (Fsp3) is 0.333. The molecular formula is C21H24BrN3O2. The zero-order valence-corrected chi connectivity index (χ0v) is 17.4. The monoisotopic (exact) mass is 429 g/mol. The maximum atomic E-state index is 12.1. The van der Waals surface area contributed by atoms with Crippen molar-refractivity contribution in [2.75, 3.05) is 13.2 Å². The minimum atomic E-state index is -0.145. The number of imidazole rings is 1. The highest BCUT2D eigenvalue weighted by Crippen LogP contribution is 2.33. The molecule has 3 rings (SSSR count). The number of amides is 1. The van der Waals surface area contributed by atoms with Crippen LogP contribution in [-0.4, -0.2) is 29.0 Å². The molecule has 0 spiro atoms. The Morgan fingerprint density at radius 1 is 1.22 bits per heavy atom. The van der Waals surface area contributed by atoms with E-state index in [1.54, 1.807) is 0 Å². The Bertz CT molecular complexity index is 911. The summed E-state index contributed by atoms with van der Waals surface area (Å²) in [6.07, 6.45) is 0.645. The minimum absolute atomic E-state index is 0.00908. The van der Waals surface area contributed by atoms with Crippen LogP contribution in [-0.2, 0) is 16.6 Å². The van der Waals surface area contributed by atoms with Crippen LogP contribution >= 0.6 is 15.9 Å². The summed E-state index contributed by atoms with van der Waals surface area (Å²) >= 11 is 3.49. The number of hydrogen-bond acceptors (Lipinski definition) is 3. The average molecular weight is 430 g/mol. The molecule has 0 bridgehead atoms. The fourth-order valence-corrected chi connectivity index (χ4v) is 3.21. The first-order chi connectivity index (χ1) is 12.8. The summed E-state index contributed by atoms with van der Waals surface area (Å²) in [5.41, 5.74) is 2.93. The van der Waals surface area contributed by atoms with Crippen LogP contribution in [0.2, 0.25) is 0 Å². The molecule has 0 aliphatic rings. The van der Waals surface area contributed by atoms with E-state index < -0.39 is 0 Å². The van der Waals surface area contributed by atoms with E-state index in [4.69, 9.17) is 4.74 Å². The van der Waals surface area contributed by atoms with Gasteiger partial charge in [-0.1, -0.05) is 48.8 Å². The Morgan fingerprint density at radius 2 is 2.00 bits per heavy atom. The molecule has 3 aromatic rings. The Labute approximate surface area is 167 Å². The normalized spacial score (nSPS) is 11.6. The Kier molecular flexibility index (Phi) is 5.85. The number of aromatic amines is 1. The highest BCUT2D eigenvalue weighted by atomic mass is 79.9. The SMILES string of the molecule is CC(C)(C)c1cc(Br)ccc1OCC(=O)NCCc1nc2ccccc2[nH]1. The first-order valence-electron chi connectivity index (χ1n) is 8.96. The van der Waals surface area contributed by atoms with Crippen molar-refractivity contribution in [2.45, 2.75) is 32.6 Å². The molecule has 0 aliphatic carbocycles. The molecule has 2 N–H and O–H groups in total. The third-order valence-corrected chi connectivity index (χ3v) is 4.72. The second kappa shape index (κ2) is 8.13. The summed E-state index contributed by atoms with van der Waals surface area (Å²) < 4.78 is 6.77. The summed E-state index contributed by atoms with van der Waals surface area (Å²) in [6, 6.07) is 13.7. The van der Waals surface area contributed by atoms with Crippen molar-refractivity contribution < 1.29 is 9.53 Å². The lowest BCUT2D eigenvalue weighted by atomic mass is 9.86. The van der Waals surface area contributed by atoms with Gasteiger partial charge in [-0.3, -0.25) is 4.79 Å². The van der Waals surface area contributed by atoms with Crippen molar-refractivity contribution in [2.24, 2.45) is 0 Å². The van der Waals surface area contributed by atoms with Gasteiger partial charge in [0.05, 0.1) is 11.0 Å². The zero-order valence-electron chi connectivity index (χ0n) is 15.8. The Balaban J connectivity index is 1.51. The number of nitrogens with zero attached hydrogens (tertiary/aromatic N) is 1. The summed E-state index contributed by atoms with van der Waals surface area (Å²) in [4.78, 5) is 19.9. The van der Waals surface area contributed by atoms with Crippen molar-refractivity contribution in [1.82, 2.24) is 15.3 Å². The molecule has 0 radical (unpaired) electrons. The van der Waals surface area contributed by atoms with Gasteiger partial charge in [0.25, 0.3) is 5.91 Å². The molecule has 0 aliphatic heterocycles. The highest BCUT2D eigenvalue weighted by molar-refractivity contribution is 9.10. The number of carbonyl (C=O) groups is 1. The number of fused-ring (bicyclic) bond motifs is 1. The average Bonchev–Trinajstić information content (AvgIpc) is 3.02. The van der Waals surface area contributed by atoms with E-state index in [1.807, 2.05) is 42.5 Å².